The van der Waals surface area contributed by atoms with E-state index in [1.54, 1.807) is 24.3 Å². The third-order valence-electron chi connectivity index (χ3n) is 2.41. The molecule has 2 rings (SSSR count). The lowest BCUT2D eigenvalue weighted by atomic mass is 10.1. The topological polar surface area (TPSA) is 124 Å². The van der Waals surface area contributed by atoms with Gasteiger partial charge >= 0.3 is 20.6 Å². The van der Waals surface area contributed by atoms with E-state index in [2.05, 4.69) is 0 Å². The Balaban J connectivity index is 2.69. The van der Waals surface area contributed by atoms with E-state index in [1.807, 2.05) is 0 Å². The first-order chi connectivity index (χ1) is 9.18. The van der Waals surface area contributed by atoms with Crippen LogP contribution in [0.2, 0.25) is 0 Å². The Kier molecular flexibility index (Phi) is 3.67. The Hall–Kier alpha value is -1.72. The molecule has 0 radical (unpaired) electrons. The molecule has 0 aliphatic carbocycles. The van der Waals surface area contributed by atoms with Gasteiger partial charge in [0.1, 0.15) is 0 Å². The van der Waals surface area contributed by atoms with Crippen molar-refractivity contribution in [3.05, 3.63) is 42.5 Å². The van der Waals surface area contributed by atoms with E-state index in [4.69, 9.17) is 9.11 Å². The fraction of sp³-hybridized carbons (Fsp3) is 0. The average molecular weight is 318 g/mol. The highest BCUT2D eigenvalue weighted by Crippen LogP contribution is 2.27. The Morgan fingerprint density at radius 2 is 1.50 bits per heavy atom. The van der Waals surface area contributed by atoms with Crippen LogP contribution in [0.15, 0.2) is 42.5 Å². The lowest BCUT2D eigenvalue weighted by Gasteiger charge is -2.20. The van der Waals surface area contributed by atoms with Crippen molar-refractivity contribution in [3.63, 3.8) is 0 Å². The highest BCUT2D eigenvalue weighted by molar-refractivity contribution is 7.89. The SMILES string of the molecule is O=S(=O)(O)NN(c1cccc2ccccc12)S(=O)(=O)O. The number of hydrogen-bond acceptors (Lipinski definition) is 4. The predicted octanol–water partition coefficient (Wildman–Crippen LogP) is 0.756. The minimum Gasteiger partial charge on any atom is -0.272 e. The van der Waals surface area contributed by atoms with E-state index in [9.17, 15) is 16.8 Å². The molecule has 2 aromatic rings. The van der Waals surface area contributed by atoms with Crippen molar-refractivity contribution >= 4 is 37.1 Å². The van der Waals surface area contributed by atoms with Gasteiger partial charge in [0.15, 0.2) is 0 Å². The molecule has 0 spiro atoms. The summed E-state index contributed by atoms with van der Waals surface area (Å²) < 4.78 is 62.1. The second kappa shape index (κ2) is 5.00. The van der Waals surface area contributed by atoms with Crippen LogP contribution >= 0.6 is 0 Å². The number of hydrogen-bond donors (Lipinski definition) is 3. The smallest absolute Gasteiger partial charge is 0.272 e. The van der Waals surface area contributed by atoms with Crippen molar-refractivity contribution in [3.8, 4) is 0 Å². The summed E-state index contributed by atoms with van der Waals surface area (Å²) in [5.74, 6) is 0. The Labute approximate surface area is 115 Å². The molecule has 0 unspecified atom stereocenters. The lowest BCUT2D eigenvalue weighted by Crippen LogP contribution is -2.45. The summed E-state index contributed by atoms with van der Waals surface area (Å²) in [6.07, 6.45) is 0. The van der Waals surface area contributed by atoms with Crippen LogP contribution in [-0.2, 0) is 20.6 Å². The number of nitrogens with zero attached hydrogens (tertiary/aromatic N) is 1. The van der Waals surface area contributed by atoms with E-state index < -0.39 is 20.6 Å². The van der Waals surface area contributed by atoms with Gasteiger partial charge in [0.05, 0.1) is 5.69 Å². The first kappa shape index (κ1) is 14.7. The van der Waals surface area contributed by atoms with Gasteiger partial charge in [0.2, 0.25) is 0 Å². The van der Waals surface area contributed by atoms with E-state index >= 15 is 0 Å². The average Bonchev–Trinajstić information content (AvgIpc) is 2.33. The van der Waals surface area contributed by atoms with Crippen LogP contribution in [0.1, 0.15) is 0 Å². The molecular formula is C10H10N2O6S2. The van der Waals surface area contributed by atoms with Crippen LogP contribution in [0.4, 0.5) is 5.69 Å². The molecule has 2 aromatic carbocycles. The van der Waals surface area contributed by atoms with Gasteiger partial charge in [-0.3, -0.25) is 9.11 Å². The first-order valence-electron chi connectivity index (χ1n) is 5.19. The standard InChI is InChI=1S/C10H10N2O6S2/c13-19(14,15)11-12(20(16,17)18)10-7-3-5-8-4-1-2-6-9(8)10/h1-7,11H,(H,13,14,15)(H,16,17,18). The predicted molar refractivity (Wildman–Crippen MR) is 72.7 cm³/mol. The maximum atomic E-state index is 11.3. The molecule has 0 bridgehead atoms. The molecule has 0 atom stereocenters. The van der Waals surface area contributed by atoms with E-state index in [1.165, 1.54) is 23.0 Å². The van der Waals surface area contributed by atoms with Crippen molar-refractivity contribution in [1.29, 1.82) is 0 Å². The van der Waals surface area contributed by atoms with Crippen LogP contribution in [0.3, 0.4) is 0 Å². The van der Waals surface area contributed by atoms with Crippen molar-refractivity contribution in [2.24, 2.45) is 0 Å². The lowest BCUT2D eigenvalue weighted by molar-refractivity contribution is 0.452. The normalized spacial score (nSPS) is 12.5. The molecule has 108 valence electrons. The molecule has 0 saturated heterocycles. The summed E-state index contributed by atoms with van der Waals surface area (Å²) in [6.45, 7) is 0. The largest absolute Gasteiger partial charge is 0.374 e. The summed E-state index contributed by atoms with van der Waals surface area (Å²) >= 11 is 0. The fourth-order valence-electron chi connectivity index (χ4n) is 1.71. The molecule has 0 aromatic heterocycles. The van der Waals surface area contributed by atoms with Gasteiger partial charge in [0, 0.05) is 5.39 Å². The summed E-state index contributed by atoms with van der Waals surface area (Å²) in [5.41, 5.74) is -0.150. The summed E-state index contributed by atoms with van der Waals surface area (Å²) in [7, 11) is -9.85. The van der Waals surface area contributed by atoms with E-state index in [0.717, 1.165) is 0 Å². The monoisotopic (exact) mass is 318 g/mol. The number of anilines is 1. The zero-order chi connectivity index (χ0) is 15.0. The molecule has 0 fully saturated rings. The minimum absolute atomic E-state index is 0.0231. The van der Waals surface area contributed by atoms with Gasteiger partial charge in [-0.1, -0.05) is 41.2 Å². The molecule has 0 amide bonds. The fourth-order valence-corrected chi connectivity index (χ4v) is 3.09. The number of fused-ring (bicyclic) bond motifs is 1. The molecule has 0 aliphatic heterocycles. The molecule has 0 saturated carbocycles. The second-order valence-electron chi connectivity index (χ2n) is 3.81. The zero-order valence-corrected chi connectivity index (χ0v) is 11.5. The van der Waals surface area contributed by atoms with Crippen molar-refractivity contribution < 1.29 is 25.9 Å². The van der Waals surface area contributed by atoms with Crippen molar-refractivity contribution in [1.82, 2.24) is 4.83 Å². The van der Waals surface area contributed by atoms with Gasteiger partial charge in [-0.15, -0.1) is 0 Å². The van der Waals surface area contributed by atoms with Crippen LogP contribution in [0.5, 0.6) is 0 Å². The van der Waals surface area contributed by atoms with Gasteiger partial charge in [-0.25, -0.2) is 0 Å². The highest BCUT2D eigenvalue weighted by Gasteiger charge is 2.25. The Morgan fingerprint density at radius 3 is 2.10 bits per heavy atom. The third kappa shape index (κ3) is 3.23. The maximum Gasteiger partial charge on any atom is 0.374 e. The van der Waals surface area contributed by atoms with E-state index in [0.29, 0.717) is 10.8 Å². The quantitative estimate of drug-likeness (QED) is 0.564. The molecule has 0 aliphatic rings. The molecule has 0 heterocycles. The zero-order valence-electron chi connectivity index (χ0n) is 9.83. The van der Waals surface area contributed by atoms with E-state index in [-0.39, 0.29) is 10.1 Å². The first-order valence-corrected chi connectivity index (χ1v) is 8.02. The summed E-state index contributed by atoms with van der Waals surface area (Å²) in [4.78, 5) is 1.33. The second-order valence-corrected chi connectivity index (χ2v) is 6.20. The molecular weight excluding hydrogens is 308 g/mol. The van der Waals surface area contributed by atoms with Crippen LogP contribution in [-0.4, -0.2) is 25.9 Å². The minimum atomic E-state index is -4.96. The van der Waals surface area contributed by atoms with Gasteiger partial charge < -0.3 is 0 Å². The van der Waals surface area contributed by atoms with Crippen LogP contribution in [0.25, 0.3) is 10.8 Å². The molecule has 20 heavy (non-hydrogen) atoms. The van der Waals surface area contributed by atoms with Gasteiger partial charge in [-0.05, 0) is 11.5 Å². The van der Waals surface area contributed by atoms with Crippen molar-refractivity contribution in [2.45, 2.75) is 0 Å². The number of nitrogens with one attached hydrogen (secondary N) is 1. The summed E-state index contributed by atoms with van der Waals surface area (Å²) in [5, 5.41) is 0.986. The van der Waals surface area contributed by atoms with Gasteiger partial charge in [0.25, 0.3) is 0 Å². The maximum absolute atomic E-state index is 11.3. The van der Waals surface area contributed by atoms with Crippen LogP contribution in [0, 0.1) is 0 Å². The molecule has 3 N–H and O–H groups in total. The number of rotatable bonds is 4. The number of hydrazine groups is 1. The Bertz CT molecular complexity index is 842. The molecule has 8 nitrogen and oxygen atoms in total. The van der Waals surface area contributed by atoms with Gasteiger partial charge in [-0.2, -0.15) is 21.2 Å². The Morgan fingerprint density at radius 1 is 0.900 bits per heavy atom. The van der Waals surface area contributed by atoms with Crippen LogP contribution < -0.4 is 9.25 Å². The van der Waals surface area contributed by atoms with Crippen molar-refractivity contribution in [2.75, 3.05) is 4.41 Å². The highest BCUT2D eigenvalue weighted by atomic mass is 32.2. The third-order valence-corrected chi connectivity index (χ3v) is 3.69. The molecule has 10 heteroatoms. The summed E-state index contributed by atoms with van der Waals surface area (Å²) in [6, 6.07) is 11.0. The number of benzene rings is 2.